The van der Waals surface area contributed by atoms with Gasteiger partial charge >= 0.3 is 6.03 Å². The minimum absolute atomic E-state index is 0.0541. The molecule has 0 heterocycles. The molecule has 4 N–H and O–H groups in total. The highest BCUT2D eigenvalue weighted by atomic mass is 16.6. The Balaban J connectivity index is 2.04. The van der Waals surface area contributed by atoms with Gasteiger partial charge in [0.15, 0.2) is 0 Å². The maximum Gasteiger partial charge on any atom is 0.316 e. The lowest BCUT2D eigenvalue weighted by Gasteiger charge is -2.08. The summed E-state index contributed by atoms with van der Waals surface area (Å²) in [6, 6.07) is 12.8. The number of urea groups is 1. The first kappa shape index (κ1) is 14.3. The zero-order valence-corrected chi connectivity index (χ0v) is 11.1. The minimum atomic E-state index is -0.633. The maximum atomic E-state index is 10.8. The second-order valence-corrected chi connectivity index (χ2v) is 4.35. The summed E-state index contributed by atoms with van der Waals surface area (Å²) in [6.07, 6.45) is 0. The zero-order valence-electron chi connectivity index (χ0n) is 11.1. The zero-order chi connectivity index (χ0) is 15.2. The van der Waals surface area contributed by atoms with Gasteiger partial charge in [0.2, 0.25) is 0 Å². The lowest BCUT2D eigenvalue weighted by molar-refractivity contribution is -0.384. The van der Waals surface area contributed by atoms with Crippen molar-refractivity contribution >= 4 is 23.1 Å². The number of carbonyl (C=O) groups excluding carboxylic acids is 1. The van der Waals surface area contributed by atoms with E-state index < -0.39 is 11.0 Å². The van der Waals surface area contributed by atoms with Crippen LogP contribution in [0, 0.1) is 10.1 Å². The third-order valence-corrected chi connectivity index (χ3v) is 2.75. The van der Waals surface area contributed by atoms with Crippen LogP contribution >= 0.6 is 0 Å². The van der Waals surface area contributed by atoms with E-state index >= 15 is 0 Å². The second kappa shape index (κ2) is 6.38. The summed E-state index contributed by atoms with van der Waals surface area (Å²) >= 11 is 0. The van der Waals surface area contributed by atoms with E-state index in [9.17, 15) is 14.9 Å². The van der Waals surface area contributed by atoms with E-state index in [2.05, 4.69) is 10.6 Å². The Morgan fingerprint density at radius 2 is 1.86 bits per heavy atom. The van der Waals surface area contributed by atoms with Gasteiger partial charge in [0.25, 0.3) is 5.69 Å². The highest BCUT2D eigenvalue weighted by molar-refractivity contribution is 5.88. The number of nitrogens with two attached hydrogens (primary N) is 1. The van der Waals surface area contributed by atoms with Crippen LogP contribution in [0.4, 0.5) is 21.9 Å². The monoisotopic (exact) mass is 286 g/mol. The van der Waals surface area contributed by atoms with Gasteiger partial charge in [0.05, 0.1) is 4.92 Å². The summed E-state index contributed by atoms with van der Waals surface area (Å²) in [6.45, 7) is 0.432. The molecule has 2 amide bonds. The van der Waals surface area contributed by atoms with Gasteiger partial charge in [0, 0.05) is 30.1 Å². The van der Waals surface area contributed by atoms with Crippen molar-refractivity contribution in [3.8, 4) is 0 Å². The number of anilines is 2. The number of hydrogen-bond acceptors (Lipinski definition) is 4. The van der Waals surface area contributed by atoms with Crippen LogP contribution < -0.4 is 16.4 Å². The van der Waals surface area contributed by atoms with Crippen LogP contribution in [0.5, 0.6) is 0 Å². The first-order valence-corrected chi connectivity index (χ1v) is 6.18. The number of nitrogens with zero attached hydrogens (tertiary/aromatic N) is 1. The second-order valence-electron chi connectivity index (χ2n) is 4.35. The first-order valence-electron chi connectivity index (χ1n) is 6.18. The van der Waals surface area contributed by atoms with Gasteiger partial charge in [-0.3, -0.25) is 10.1 Å². The van der Waals surface area contributed by atoms with E-state index in [1.54, 1.807) is 30.3 Å². The number of nitro benzene ring substituents is 1. The summed E-state index contributed by atoms with van der Waals surface area (Å²) < 4.78 is 0. The maximum absolute atomic E-state index is 10.8. The van der Waals surface area contributed by atoms with Gasteiger partial charge in [-0.05, 0) is 23.8 Å². The van der Waals surface area contributed by atoms with Gasteiger partial charge in [-0.15, -0.1) is 0 Å². The van der Waals surface area contributed by atoms with Crippen LogP contribution in [-0.4, -0.2) is 11.0 Å². The van der Waals surface area contributed by atoms with Crippen LogP contribution in [0.3, 0.4) is 0 Å². The molecule has 0 fully saturated rings. The van der Waals surface area contributed by atoms with Gasteiger partial charge in [-0.25, -0.2) is 4.79 Å². The molecule has 2 aromatic carbocycles. The predicted octanol–water partition coefficient (Wildman–Crippen LogP) is 2.70. The topological polar surface area (TPSA) is 110 Å². The summed E-state index contributed by atoms with van der Waals surface area (Å²) in [5, 5.41) is 16.3. The fourth-order valence-electron chi connectivity index (χ4n) is 1.83. The van der Waals surface area contributed by atoms with E-state index in [4.69, 9.17) is 5.73 Å². The molecule has 7 nitrogen and oxygen atoms in total. The molecule has 0 bridgehead atoms. The number of nitrogens with one attached hydrogen (secondary N) is 2. The van der Waals surface area contributed by atoms with Crippen LogP contribution in [0.1, 0.15) is 5.56 Å². The molecule has 2 rings (SSSR count). The third-order valence-electron chi connectivity index (χ3n) is 2.75. The van der Waals surface area contributed by atoms with Crippen molar-refractivity contribution in [2.45, 2.75) is 6.54 Å². The van der Waals surface area contributed by atoms with Gasteiger partial charge < -0.3 is 16.4 Å². The van der Waals surface area contributed by atoms with E-state index in [1.165, 1.54) is 12.1 Å². The molecular weight excluding hydrogens is 272 g/mol. The van der Waals surface area contributed by atoms with Crippen LogP contribution in [0.2, 0.25) is 0 Å². The van der Waals surface area contributed by atoms with Gasteiger partial charge in [-0.2, -0.15) is 0 Å². The molecule has 0 spiro atoms. The van der Waals surface area contributed by atoms with Gasteiger partial charge in [-0.1, -0.05) is 18.2 Å². The average molecular weight is 286 g/mol. The summed E-state index contributed by atoms with van der Waals surface area (Å²) in [4.78, 5) is 21.1. The smallest absolute Gasteiger partial charge is 0.316 e. The summed E-state index contributed by atoms with van der Waals surface area (Å²) in [5.41, 5.74) is 7.24. The Labute approximate surface area is 120 Å². The first-order chi connectivity index (χ1) is 10.0. The average Bonchev–Trinajstić information content (AvgIpc) is 2.45. The molecule has 108 valence electrons. The van der Waals surface area contributed by atoms with E-state index in [-0.39, 0.29) is 5.69 Å². The normalized spacial score (nSPS) is 9.90. The SMILES string of the molecule is NC(=O)Nc1cccc(NCc2cccc([N+](=O)[O-])c2)c1. The molecule has 0 unspecified atom stereocenters. The quantitative estimate of drug-likeness (QED) is 0.579. The van der Waals surface area contributed by atoms with Gasteiger partial charge in [0.1, 0.15) is 0 Å². The van der Waals surface area contributed by atoms with E-state index in [1.807, 2.05) is 6.07 Å². The third kappa shape index (κ3) is 4.20. The molecule has 2 aromatic rings. The molecule has 0 saturated carbocycles. The van der Waals surface area contributed by atoms with Crippen LogP contribution in [0.25, 0.3) is 0 Å². The van der Waals surface area contributed by atoms with E-state index in [0.29, 0.717) is 12.2 Å². The van der Waals surface area contributed by atoms with Crippen molar-refractivity contribution in [2.75, 3.05) is 10.6 Å². The molecule has 7 heteroatoms. The Bertz CT molecular complexity index is 673. The molecular formula is C14H14N4O3. The predicted molar refractivity (Wildman–Crippen MR) is 80.1 cm³/mol. The van der Waals surface area contributed by atoms with Crippen molar-refractivity contribution in [3.05, 3.63) is 64.2 Å². The molecule has 0 radical (unpaired) electrons. The molecule has 0 aliphatic heterocycles. The van der Waals surface area contributed by atoms with Crippen molar-refractivity contribution in [2.24, 2.45) is 5.73 Å². The van der Waals surface area contributed by atoms with Crippen LogP contribution in [-0.2, 0) is 6.54 Å². The van der Waals surface area contributed by atoms with Crippen molar-refractivity contribution in [3.63, 3.8) is 0 Å². The Morgan fingerprint density at radius 1 is 1.14 bits per heavy atom. The molecule has 0 aliphatic carbocycles. The number of carbonyl (C=O) groups is 1. The Kier molecular flexibility index (Phi) is 4.35. The standard InChI is InChI=1S/C14H14N4O3/c15-14(19)17-12-5-2-4-11(8-12)16-9-10-3-1-6-13(7-10)18(20)21/h1-8,16H,9H2,(H3,15,17,19). The number of nitro groups is 1. The van der Waals surface area contributed by atoms with Crippen molar-refractivity contribution in [1.29, 1.82) is 0 Å². The minimum Gasteiger partial charge on any atom is -0.381 e. The lowest BCUT2D eigenvalue weighted by Crippen LogP contribution is -2.19. The number of benzene rings is 2. The van der Waals surface area contributed by atoms with E-state index in [0.717, 1.165) is 11.3 Å². The molecule has 0 aromatic heterocycles. The fraction of sp³-hybridized carbons (Fsp3) is 0.0714. The highest BCUT2D eigenvalue weighted by Crippen LogP contribution is 2.17. The van der Waals surface area contributed by atoms with Crippen LogP contribution in [0.15, 0.2) is 48.5 Å². The Hall–Kier alpha value is -3.09. The highest BCUT2D eigenvalue weighted by Gasteiger charge is 2.05. The summed E-state index contributed by atoms with van der Waals surface area (Å²) in [5.74, 6) is 0. The number of rotatable bonds is 5. The number of non-ortho nitro benzene ring substituents is 1. The number of amides is 2. The number of primary amides is 1. The lowest BCUT2D eigenvalue weighted by atomic mass is 10.2. The molecule has 0 atom stereocenters. The summed E-state index contributed by atoms with van der Waals surface area (Å²) in [7, 11) is 0. The van der Waals surface area contributed by atoms with Crippen molar-refractivity contribution in [1.82, 2.24) is 0 Å². The molecule has 0 aliphatic rings. The Morgan fingerprint density at radius 3 is 2.57 bits per heavy atom. The van der Waals surface area contributed by atoms with Crippen molar-refractivity contribution < 1.29 is 9.72 Å². The fourth-order valence-corrected chi connectivity index (χ4v) is 1.83. The molecule has 21 heavy (non-hydrogen) atoms. The number of hydrogen-bond donors (Lipinski definition) is 3. The molecule has 0 saturated heterocycles. The largest absolute Gasteiger partial charge is 0.381 e.